The highest BCUT2D eigenvalue weighted by molar-refractivity contribution is 7.98. The zero-order chi connectivity index (χ0) is 27.6. The molecule has 212 valence electrons. The molecule has 2 aromatic carbocycles. The Kier molecular flexibility index (Phi) is 11.3. The van der Waals surface area contributed by atoms with Crippen molar-refractivity contribution < 1.29 is 23.9 Å². The van der Waals surface area contributed by atoms with Crippen molar-refractivity contribution in [1.29, 1.82) is 0 Å². The van der Waals surface area contributed by atoms with Gasteiger partial charge in [-0.25, -0.2) is 4.79 Å². The largest absolute Gasteiger partial charge is 0.467 e. The van der Waals surface area contributed by atoms with E-state index in [1.165, 1.54) is 26.4 Å². The van der Waals surface area contributed by atoms with Gasteiger partial charge in [-0.3, -0.25) is 9.63 Å². The molecule has 2 unspecified atom stereocenters. The van der Waals surface area contributed by atoms with E-state index in [1.54, 1.807) is 11.8 Å². The maximum Gasteiger partial charge on any atom is 0.328 e. The molecule has 39 heavy (non-hydrogen) atoms. The van der Waals surface area contributed by atoms with Gasteiger partial charge in [-0.05, 0) is 79.0 Å². The molecule has 7 nitrogen and oxygen atoms in total. The highest BCUT2D eigenvalue weighted by atomic mass is 32.2. The van der Waals surface area contributed by atoms with Gasteiger partial charge in [-0.1, -0.05) is 49.6 Å². The first-order valence-electron chi connectivity index (χ1n) is 14.1. The topological polar surface area (TPSA) is 77.1 Å². The van der Waals surface area contributed by atoms with E-state index in [2.05, 4.69) is 11.4 Å². The molecule has 8 heteroatoms. The molecule has 1 heterocycles. The maximum atomic E-state index is 13.5. The highest BCUT2D eigenvalue weighted by Gasteiger charge is 2.29. The number of amides is 1. The average Bonchev–Trinajstić information content (AvgIpc) is 3.41. The summed E-state index contributed by atoms with van der Waals surface area (Å²) in [6.45, 7) is 4.02. The van der Waals surface area contributed by atoms with Gasteiger partial charge >= 0.3 is 5.97 Å². The van der Waals surface area contributed by atoms with E-state index in [1.807, 2.05) is 54.6 Å². The van der Waals surface area contributed by atoms with Crippen LogP contribution in [0.4, 0.5) is 0 Å². The van der Waals surface area contributed by atoms with Gasteiger partial charge in [0.15, 0.2) is 0 Å². The van der Waals surface area contributed by atoms with E-state index in [0.717, 1.165) is 47.3 Å². The molecule has 2 fully saturated rings. The van der Waals surface area contributed by atoms with Crippen LogP contribution in [0.15, 0.2) is 42.5 Å². The SMILES string of the molecule is COC(=O)C(CCSC)NC(=O)c1ccc(CN2OCCC2COC2CCCCC2)cc1-c1ccccc1C. The minimum atomic E-state index is -0.692. The molecule has 2 aliphatic rings. The van der Waals surface area contributed by atoms with E-state index in [-0.39, 0.29) is 11.9 Å². The maximum absolute atomic E-state index is 13.5. The van der Waals surface area contributed by atoms with E-state index in [0.29, 0.717) is 37.8 Å². The molecule has 0 aromatic heterocycles. The fourth-order valence-electron chi connectivity index (χ4n) is 5.40. The summed E-state index contributed by atoms with van der Waals surface area (Å²) >= 11 is 1.63. The summed E-state index contributed by atoms with van der Waals surface area (Å²) in [5.74, 6) is 0.0251. The first-order valence-corrected chi connectivity index (χ1v) is 15.5. The lowest BCUT2D eigenvalue weighted by atomic mass is 9.93. The molecule has 1 aliphatic heterocycles. The van der Waals surface area contributed by atoms with Crippen LogP contribution in [0, 0.1) is 6.92 Å². The smallest absolute Gasteiger partial charge is 0.328 e. The third-order valence-electron chi connectivity index (χ3n) is 7.70. The third-order valence-corrected chi connectivity index (χ3v) is 8.34. The van der Waals surface area contributed by atoms with Crippen molar-refractivity contribution in [3.8, 4) is 11.1 Å². The number of carbonyl (C=O) groups excluding carboxylic acids is 2. The van der Waals surface area contributed by atoms with Crippen LogP contribution in [0.25, 0.3) is 11.1 Å². The lowest BCUT2D eigenvalue weighted by molar-refractivity contribution is -0.154. The van der Waals surface area contributed by atoms with Gasteiger partial charge in [-0.15, -0.1) is 0 Å². The van der Waals surface area contributed by atoms with Crippen molar-refractivity contribution >= 4 is 23.6 Å². The van der Waals surface area contributed by atoms with Crippen molar-refractivity contribution in [3.05, 3.63) is 59.2 Å². The van der Waals surface area contributed by atoms with Gasteiger partial charge in [0, 0.05) is 12.1 Å². The Bertz CT molecular complexity index is 1100. The number of aryl methyl sites for hydroxylation is 1. The van der Waals surface area contributed by atoms with Crippen LogP contribution in [0.2, 0.25) is 0 Å². The van der Waals surface area contributed by atoms with Gasteiger partial charge in [0.1, 0.15) is 6.04 Å². The highest BCUT2D eigenvalue weighted by Crippen LogP contribution is 2.30. The number of carbonyl (C=O) groups is 2. The summed E-state index contributed by atoms with van der Waals surface area (Å²) < 4.78 is 11.2. The van der Waals surface area contributed by atoms with Gasteiger partial charge in [0.2, 0.25) is 0 Å². The van der Waals surface area contributed by atoms with Crippen LogP contribution in [0.3, 0.4) is 0 Å². The molecule has 0 radical (unpaired) electrons. The van der Waals surface area contributed by atoms with Crippen LogP contribution in [0.1, 0.15) is 66.4 Å². The minimum Gasteiger partial charge on any atom is -0.467 e. The summed E-state index contributed by atoms with van der Waals surface area (Å²) in [5.41, 5.74) is 4.49. The van der Waals surface area contributed by atoms with Gasteiger partial charge in [-0.2, -0.15) is 16.8 Å². The van der Waals surface area contributed by atoms with Crippen LogP contribution in [0.5, 0.6) is 0 Å². The number of hydrogen-bond donors (Lipinski definition) is 1. The number of hydroxylamine groups is 2. The van der Waals surface area contributed by atoms with E-state index in [4.69, 9.17) is 14.3 Å². The number of esters is 1. The predicted molar refractivity (Wildman–Crippen MR) is 156 cm³/mol. The summed E-state index contributed by atoms with van der Waals surface area (Å²) in [6.07, 6.45) is 9.95. The van der Waals surface area contributed by atoms with Gasteiger partial charge in [0.25, 0.3) is 5.91 Å². The monoisotopic (exact) mass is 554 g/mol. The Hall–Kier alpha value is -2.39. The average molecular weight is 555 g/mol. The van der Waals surface area contributed by atoms with Crippen LogP contribution < -0.4 is 5.32 Å². The second-order valence-electron chi connectivity index (χ2n) is 10.5. The number of nitrogens with zero attached hydrogens (tertiary/aromatic N) is 1. The first kappa shape index (κ1) is 29.6. The second kappa shape index (κ2) is 14.8. The van der Waals surface area contributed by atoms with Crippen molar-refractivity contribution in [3.63, 3.8) is 0 Å². The number of nitrogens with one attached hydrogen (secondary N) is 1. The molecule has 1 saturated heterocycles. The Morgan fingerprint density at radius 1 is 1.10 bits per heavy atom. The van der Waals surface area contributed by atoms with Crippen molar-refractivity contribution in [2.45, 2.75) is 76.6 Å². The number of methoxy groups -OCH3 is 1. The molecule has 2 aromatic rings. The number of rotatable bonds is 12. The molecule has 1 saturated carbocycles. The predicted octanol–water partition coefficient (Wildman–Crippen LogP) is 5.54. The standard InChI is InChI=1S/C31H42N2O5S/c1-22-9-7-8-12-26(22)28-19-23(13-14-27(28)30(34)32-29(16-18-39-3)31(35)36-2)20-33-24(15-17-38-33)21-37-25-10-5-4-6-11-25/h7-9,12-14,19,24-25,29H,4-6,10-11,15-18,20-21H2,1-3H3,(H,32,34). The second-order valence-corrected chi connectivity index (χ2v) is 11.5. The summed E-state index contributed by atoms with van der Waals surface area (Å²) in [6, 6.07) is 13.5. The van der Waals surface area contributed by atoms with Crippen molar-refractivity contribution in [1.82, 2.24) is 10.4 Å². The van der Waals surface area contributed by atoms with Crippen LogP contribution in [-0.4, -0.2) is 67.5 Å². The fourth-order valence-corrected chi connectivity index (χ4v) is 5.88. The Balaban J connectivity index is 1.53. The zero-order valence-electron chi connectivity index (χ0n) is 23.4. The molecular weight excluding hydrogens is 512 g/mol. The van der Waals surface area contributed by atoms with E-state index >= 15 is 0 Å². The Morgan fingerprint density at radius 3 is 2.64 bits per heavy atom. The quantitative estimate of drug-likeness (QED) is 0.345. The molecule has 1 amide bonds. The summed E-state index contributed by atoms with van der Waals surface area (Å²) in [4.78, 5) is 31.9. The van der Waals surface area contributed by atoms with E-state index < -0.39 is 12.0 Å². The molecule has 0 bridgehead atoms. The van der Waals surface area contributed by atoms with Gasteiger partial charge < -0.3 is 14.8 Å². The third kappa shape index (κ3) is 8.07. The van der Waals surface area contributed by atoms with Crippen molar-refractivity contribution in [2.24, 2.45) is 0 Å². The Morgan fingerprint density at radius 2 is 1.90 bits per heavy atom. The molecule has 0 spiro atoms. The molecule has 2 atom stereocenters. The van der Waals surface area contributed by atoms with Crippen molar-refractivity contribution in [2.75, 3.05) is 32.3 Å². The van der Waals surface area contributed by atoms with Crippen LogP contribution >= 0.6 is 11.8 Å². The number of benzene rings is 2. The van der Waals surface area contributed by atoms with Gasteiger partial charge in [0.05, 0.1) is 32.5 Å². The number of thioether (sulfide) groups is 1. The molecule has 1 aliphatic carbocycles. The molecular formula is C31H42N2O5S. The molecule has 4 rings (SSSR count). The molecule has 1 N–H and O–H groups in total. The fraction of sp³-hybridized carbons (Fsp3) is 0.548. The van der Waals surface area contributed by atoms with Crippen LogP contribution in [-0.2, 0) is 25.7 Å². The lowest BCUT2D eigenvalue weighted by Gasteiger charge is -2.27. The summed E-state index contributed by atoms with van der Waals surface area (Å²) in [5, 5.41) is 4.95. The first-order chi connectivity index (χ1) is 19.0. The zero-order valence-corrected chi connectivity index (χ0v) is 24.3. The Labute approximate surface area is 236 Å². The summed E-state index contributed by atoms with van der Waals surface area (Å²) in [7, 11) is 1.35. The normalized spacial score (nSPS) is 19.1. The lowest BCUT2D eigenvalue weighted by Crippen LogP contribution is -2.42. The minimum absolute atomic E-state index is 0.217. The number of ether oxygens (including phenoxy) is 2. The number of hydrogen-bond acceptors (Lipinski definition) is 7. The van der Waals surface area contributed by atoms with E-state index in [9.17, 15) is 9.59 Å².